The van der Waals surface area contributed by atoms with Crippen LogP contribution in [-0.2, 0) is 18.0 Å². The molecular weight excluding hydrogens is 618 g/mol. The molecule has 1 aromatic heterocycles. The average molecular weight is 656 g/mol. The second-order valence-corrected chi connectivity index (χ2v) is 11.8. The minimum Gasteiger partial charge on any atom is -0.493 e. The topological polar surface area (TPSA) is 114 Å². The van der Waals surface area contributed by atoms with Crippen LogP contribution in [0.1, 0.15) is 44.6 Å². The number of carbonyl (C=O) groups is 1. The van der Waals surface area contributed by atoms with Crippen molar-refractivity contribution in [3.05, 3.63) is 105 Å². The van der Waals surface area contributed by atoms with Gasteiger partial charge in [0.15, 0.2) is 6.29 Å². The number of hydrogen-bond donors (Lipinski definition) is 1. The maximum absolute atomic E-state index is 11.8. The van der Waals surface area contributed by atoms with Gasteiger partial charge >= 0.3 is 0 Å². The van der Waals surface area contributed by atoms with Gasteiger partial charge in [0.1, 0.15) is 36.5 Å². The molecule has 2 heterocycles. The molecule has 10 heteroatoms. The fraction of sp³-hybridized carbons (Fsp3) is 0.324. The van der Waals surface area contributed by atoms with Gasteiger partial charge in [-0.3, -0.25) is 14.7 Å². The van der Waals surface area contributed by atoms with Crippen molar-refractivity contribution in [3.63, 3.8) is 0 Å². The predicted molar refractivity (Wildman–Crippen MR) is 179 cm³/mol. The Balaban J connectivity index is 1.24. The van der Waals surface area contributed by atoms with E-state index in [1.165, 1.54) is 12.3 Å². The molecule has 0 amide bonds. The molecule has 0 spiro atoms. The largest absolute Gasteiger partial charge is 0.493 e. The molecule has 0 bridgehead atoms. The van der Waals surface area contributed by atoms with E-state index < -0.39 is 0 Å². The van der Waals surface area contributed by atoms with Gasteiger partial charge in [0.2, 0.25) is 0 Å². The summed E-state index contributed by atoms with van der Waals surface area (Å²) >= 11 is 6.50. The van der Waals surface area contributed by atoms with Crippen LogP contribution in [0.25, 0.3) is 11.1 Å². The van der Waals surface area contributed by atoms with Crippen LogP contribution >= 0.6 is 11.6 Å². The Kier molecular flexibility index (Phi) is 11.8. The number of aldehydes is 1. The molecule has 1 fully saturated rings. The molecule has 47 heavy (non-hydrogen) atoms. The number of aliphatic hydroxyl groups is 1. The number of aliphatic hydroxyl groups excluding tert-OH is 1. The highest BCUT2D eigenvalue weighted by molar-refractivity contribution is 6.32. The standard InChI is InChI=1S/C37H38ClN3O6/c1-25-29(24-47-37-16-36(30(21-42)15-34(37)38)46-23-28-14-27(17-39)18-40-19-28)6-3-7-32(25)33-8-4-9-35(26(33)2)45-12-5-10-41-11-13-44-31(20-41)22-43/h3-4,6-9,14-16,18-19,21,31,43H,5,10-13,20,22-24H2,1-2H3/t31-/m1/s1. The van der Waals surface area contributed by atoms with Crippen LogP contribution in [0.5, 0.6) is 17.2 Å². The van der Waals surface area contributed by atoms with Crippen LogP contribution < -0.4 is 14.2 Å². The number of morpholine rings is 1. The highest BCUT2D eigenvalue weighted by atomic mass is 35.5. The quantitative estimate of drug-likeness (QED) is 0.123. The summed E-state index contributed by atoms with van der Waals surface area (Å²) in [6.07, 6.45) is 4.53. The van der Waals surface area contributed by atoms with Crippen molar-refractivity contribution in [1.29, 1.82) is 5.26 Å². The molecule has 0 saturated carbocycles. The zero-order valence-corrected chi connectivity index (χ0v) is 27.3. The Morgan fingerprint density at radius 3 is 2.60 bits per heavy atom. The lowest BCUT2D eigenvalue weighted by atomic mass is 9.93. The smallest absolute Gasteiger partial charge is 0.153 e. The lowest BCUT2D eigenvalue weighted by Gasteiger charge is -2.31. The van der Waals surface area contributed by atoms with E-state index in [1.54, 1.807) is 18.3 Å². The van der Waals surface area contributed by atoms with Crippen molar-refractivity contribution < 1.29 is 28.8 Å². The Morgan fingerprint density at radius 2 is 1.81 bits per heavy atom. The number of nitrogens with zero attached hydrogens (tertiary/aromatic N) is 3. The molecule has 1 aliphatic rings. The van der Waals surface area contributed by atoms with Crippen molar-refractivity contribution >= 4 is 17.9 Å². The summed E-state index contributed by atoms with van der Waals surface area (Å²) in [4.78, 5) is 18.1. The number of pyridine rings is 1. The van der Waals surface area contributed by atoms with Gasteiger partial charge in [0.25, 0.3) is 0 Å². The SMILES string of the molecule is Cc1c(COc2cc(OCc3cncc(C#N)c3)c(C=O)cc2Cl)cccc1-c1cccc(OCCCN2CCO[C@@H](CO)C2)c1C. The van der Waals surface area contributed by atoms with Crippen LogP contribution in [0, 0.1) is 25.2 Å². The molecule has 5 rings (SSSR count). The van der Waals surface area contributed by atoms with Crippen molar-refractivity contribution in [2.24, 2.45) is 0 Å². The lowest BCUT2D eigenvalue weighted by Crippen LogP contribution is -2.44. The molecule has 1 aliphatic heterocycles. The summed E-state index contributed by atoms with van der Waals surface area (Å²) in [7, 11) is 0. The molecular formula is C37H38ClN3O6. The lowest BCUT2D eigenvalue weighted by molar-refractivity contribution is -0.0533. The van der Waals surface area contributed by atoms with E-state index in [4.69, 9.17) is 35.8 Å². The van der Waals surface area contributed by atoms with Gasteiger partial charge in [-0.25, -0.2) is 0 Å². The summed E-state index contributed by atoms with van der Waals surface area (Å²) in [5.74, 6) is 1.55. The number of benzene rings is 3. The zero-order valence-electron chi connectivity index (χ0n) is 26.6. The monoisotopic (exact) mass is 655 g/mol. The van der Waals surface area contributed by atoms with E-state index in [9.17, 15) is 9.90 Å². The predicted octanol–water partition coefficient (Wildman–Crippen LogP) is 6.32. The Morgan fingerprint density at radius 1 is 1.02 bits per heavy atom. The first-order valence-corrected chi connectivity index (χ1v) is 15.9. The third-order valence-corrected chi connectivity index (χ3v) is 8.51. The molecule has 4 aromatic rings. The van der Waals surface area contributed by atoms with Crippen LogP contribution in [-0.4, -0.2) is 66.8 Å². The van der Waals surface area contributed by atoms with Crippen LogP contribution in [0.2, 0.25) is 5.02 Å². The van der Waals surface area contributed by atoms with Crippen LogP contribution in [0.3, 0.4) is 0 Å². The van der Waals surface area contributed by atoms with Crippen molar-refractivity contribution in [1.82, 2.24) is 9.88 Å². The zero-order chi connectivity index (χ0) is 33.2. The molecule has 1 atom stereocenters. The normalized spacial score (nSPS) is 14.7. The number of halogens is 1. The molecule has 1 N–H and O–H groups in total. The van der Waals surface area contributed by atoms with Crippen molar-refractivity contribution in [2.45, 2.75) is 39.6 Å². The van der Waals surface area contributed by atoms with Gasteiger partial charge in [-0.15, -0.1) is 0 Å². The highest BCUT2D eigenvalue weighted by Crippen LogP contribution is 2.36. The summed E-state index contributed by atoms with van der Waals surface area (Å²) in [6, 6.07) is 19.1. The molecule has 0 unspecified atom stereocenters. The Bertz CT molecular complexity index is 1740. The van der Waals surface area contributed by atoms with E-state index in [0.29, 0.717) is 52.7 Å². The first-order valence-electron chi connectivity index (χ1n) is 15.5. The number of carbonyl (C=O) groups excluding carboxylic acids is 1. The van der Waals surface area contributed by atoms with Gasteiger partial charge in [-0.05, 0) is 66.3 Å². The summed E-state index contributed by atoms with van der Waals surface area (Å²) in [6.45, 7) is 8.29. The number of hydrogen-bond acceptors (Lipinski definition) is 9. The first kappa shape index (κ1) is 33.9. The molecule has 244 valence electrons. The Labute approximate surface area is 280 Å². The highest BCUT2D eigenvalue weighted by Gasteiger charge is 2.19. The minimum absolute atomic E-state index is 0.0452. The number of aromatic nitrogens is 1. The Hall–Kier alpha value is -4.46. The molecule has 0 aliphatic carbocycles. The maximum atomic E-state index is 11.8. The van der Waals surface area contributed by atoms with Crippen molar-refractivity contribution in [3.8, 4) is 34.4 Å². The summed E-state index contributed by atoms with van der Waals surface area (Å²) < 4.78 is 23.9. The van der Waals surface area contributed by atoms with Gasteiger partial charge < -0.3 is 24.1 Å². The maximum Gasteiger partial charge on any atom is 0.153 e. The second-order valence-electron chi connectivity index (χ2n) is 11.4. The molecule has 3 aromatic carbocycles. The van der Waals surface area contributed by atoms with Gasteiger partial charge in [0.05, 0.1) is 42.1 Å². The van der Waals surface area contributed by atoms with Crippen LogP contribution in [0.4, 0.5) is 0 Å². The third kappa shape index (κ3) is 8.67. The summed E-state index contributed by atoms with van der Waals surface area (Å²) in [5, 5.41) is 18.8. The summed E-state index contributed by atoms with van der Waals surface area (Å²) in [5.41, 5.74) is 6.69. The van der Waals surface area contributed by atoms with E-state index >= 15 is 0 Å². The fourth-order valence-corrected chi connectivity index (χ4v) is 5.81. The molecule has 0 radical (unpaired) electrons. The second kappa shape index (κ2) is 16.4. The van der Waals surface area contributed by atoms with E-state index in [-0.39, 0.29) is 25.9 Å². The minimum atomic E-state index is -0.109. The van der Waals surface area contributed by atoms with Gasteiger partial charge in [-0.2, -0.15) is 5.26 Å². The van der Waals surface area contributed by atoms with Crippen molar-refractivity contribution in [2.75, 3.05) is 39.5 Å². The number of rotatable bonds is 14. The van der Waals surface area contributed by atoms with E-state index in [1.807, 2.05) is 24.3 Å². The van der Waals surface area contributed by atoms with Crippen LogP contribution in [0.15, 0.2) is 67.0 Å². The molecule has 9 nitrogen and oxygen atoms in total. The third-order valence-electron chi connectivity index (χ3n) is 8.22. The molecule has 1 saturated heterocycles. The number of nitriles is 1. The van der Waals surface area contributed by atoms with E-state index in [0.717, 1.165) is 59.6 Å². The number of ether oxygens (including phenoxy) is 4. The fourth-order valence-electron chi connectivity index (χ4n) is 5.58. The first-order chi connectivity index (χ1) is 22.9. The van der Waals surface area contributed by atoms with E-state index in [2.05, 4.69) is 41.9 Å². The van der Waals surface area contributed by atoms with Gasteiger partial charge in [0, 0.05) is 43.7 Å². The average Bonchev–Trinajstić information content (AvgIpc) is 3.10. The van der Waals surface area contributed by atoms with Gasteiger partial charge in [-0.1, -0.05) is 41.9 Å².